The Morgan fingerprint density at radius 1 is 1.63 bits per heavy atom. The number of ether oxygens (including phenoxy) is 1. The molecule has 0 aromatic heterocycles. The lowest BCUT2D eigenvalue weighted by Gasteiger charge is -2.12. The van der Waals surface area contributed by atoms with Gasteiger partial charge in [0.2, 0.25) is 5.91 Å². The number of rotatable bonds is 6. The Morgan fingerprint density at radius 3 is 2.89 bits per heavy atom. The molecule has 0 saturated carbocycles. The number of amides is 1. The third-order valence-corrected chi connectivity index (χ3v) is 2.72. The van der Waals surface area contributed by atoms with E-state index in [1.165, 1.54) is 25.3 Å². The van der Waals surface area contributed by atoms with Crippen molar-refractivity contribution in [2.75, 3.05) is 19.0 Å². The average molecular weight is 288 g/mol. The van der Waals surface area contributed by atoms with Gasteiger partial charge in [0, 0.05) is 25.8 Å². The lowest BCUT2D eigenvalue weighted by atomic mass is 10.2. The van der Waals surface area contributed by atoms with Gasteiger partial charge in [0.25, 0.3) is 5.69 Å². The summed E-state index contributed by atoms with van der Waals surface area (Å²) in [4.78, 5) is 21.8. The van der Waals surface area contributed by atoms with E-state index in [9.17, 15) is 14.9 Å². The second-order valence-electron chi connectivity index (χ2n) is 3.80. The number of hydrogen-bond acceptors (Lipinski definition) is 5. The monoisotopic (exact) mass is 287 g/mol. The molecule has 0 spiro atoms. The van der Waals surface area contributed by atoms with E-state index in [-0.39, 0.29) is 16.4 Å². The summed E-state index contributed by atoms with van der Waals surface area (Å²) in [5, 5.41) is 13.3. The molecular weight excluding hydrogens is 274 g/mol. The quantitative estimate of drug-likeness (QED) is 0.609. The first-order valence-corrected chi connectivity index (χ1v) is 5.83. The largest absolute Gasteiger partial charge is 0.385 e. The van der Waals surface area contributed by atoms with Crippen molar-refractivity contribution in [3.05, 3.63) is 33.3 Å². The van der Waals surface area contributed by atoms with Crippen LogP contribution in [0.2, 0.25) is 5.02 Å². The van der Waals surface area contributed by atoms with E-state index in [1.54, 1.807) is 0 Å². The maximum absolute atomic E-state index is 11.7. The van der Waals surface area contributed by atoms with Crippen molar-refractivity contribution in [3.63, 3.8) is 0 Å². The van der Waals surface area contributed by atoms with E-state index in [2.05, 4.69) is 5.32 Å². The maximum Gasteiger partial charge on any atom is 0.271 e. The van der Waals surface area contributed by atoms with Crippen molar-refractivity contribution in [2.24, 2.45) is 5.73 Å². The highest BCUT2D eigenvalue weighted by atomic mass is 35.5. The number of carbonyl (C=O) groups excluding carboxylic acids is 1. The van der Waals surface area contributed by atoms with Crippen molar-refractivity contribution in [1.82, 2.24) is 0 Å². The van der Waals surface area contributed by atoms with Gasteiger partial charge >= 0.3 is 0 Å². The lowest BCUT2D eigenvalue weighted by Crippen LogP contribution is -2.36. The van der Waals surface area contributed by atoms with Gasteiger partial charge in [-0.2, -0.15) is 0 Å². The normalized spacial score (nSPS) is 11.9. The van der Waals surface area contributed by atoms with Gasteiger partial charge in [-0.1, -0.05) is 11.6 Å². The van der Waals surface area contributed by atoms with Crippen LogP contribution >= 0.6 is 11.6 Å². The molecular formula is C11H14ClN3O4. The SMILES string of the molecule is COCCC(N)C(=O)Nc1cc([N+](=O)[O-])ccc1Cl. The van der Waals surface area contributed by atoms with Crippen molar-refractivity contribution in [2.45, 2.75) is 12.5 Å². The number of benzene rings is 1. The highest BCUT2D eigenvalue weighted by Crippen LogP contribution is 2.26. The minimum absolute atomic E-state index is 0.161. The van der Waals surface area contributed by atoms with Crippen molar-refractivity contribution in [1.29, 1.82) is 0 Å². The van der Waals surface area contributed by atoms with E-state index < -0.39 is 16.9 Å². The van der Waals surface area contributed by atoms with Gasteiger partial charge < -0.3 is 15.8 Å². The molecule has 1 rings (SSSR count). The summed E-state index contributed by atoms with van der Waals surface area (Å²) in [5.74, 6) is -0.473. The molecule has 0 saturated heterocycles. The van der Waals surface area contributed by atoms with Crippen LogP contribution in [0.1, 0.15) is 6.42 Å². The van der Waals surface area contributed by atoms with Crippen LogP contribution in [0, 0.1) is 10.1 Å². The fraction of sp³-hybridized carbons (Fsp3) is 0.364. The number of hydrogen-bond donors (Lipinski definition) is 2. The molecule has 1 atom stereocenters. The van der Waals surface area contributed by atoms with Gasteiger partial charge in [0.15, 0.2) is 0 Å². The fourth-order valence-corrected chi connectivity index (χ4v) is 1.49. The van der Waals surface area contributed by atoms with Crippen LogP contribution in [0.15, 0.2) is 18.2 Å². The van der Waals surface area contributed by atoms with Crippen LogP contribution in [-0.4, -0.2) is 30.6 Å². The number of anilines is 1. The van der Waals surface area contributed by atoms with E-state index in [1.807, 2.05) is 0 Å². The van der Waals surface area contributed by atoms with Crippen LogP contribution in [0.25, 0.3) is 0 Å². The Hall–Kier alpha value is -1.70. The second kappa shape index (κ2) is 7.03. The number of non-ortho nitro benzene ring substituents is 1. The van der Waals surface area contributed by atoms with Gasteiger partial charge in [-0.3, -0.25) is 14.9 Å². The van der Waals surface area contributed by atoms with E-state index in [0.717, 1.165) is 0 Å². The molecule has 8 heteroatoms. The first-order valence-electron chi connectivity index (χ1n) is 5.45. The Labute approximate surface area is 114 Å². The van der Waals surface area contributed by atoms with Gasteiger partial charge in [0.1, 0.15) is 0 Å². The number of carbonyl (C=O) groups is 1. The molecule has 0 aliphatic heterocycles. The molecule has 0 radical (unpaired) electrons. The molecule has 104 valence electrons. The Morgan fingerprint density at radius 2 is 2.32 bits per heavy atom. The third kappa shape index (κ3) is 4.47. The number of nitrogens with zero attached hydrogens (tertiary/aromatic N) is 1. The summed E-state index contributed by atoms with van der Waals surface area (Å²) in [7, 11) is 1.50. The average Bonchev–Trinajstić information content (AvgIpc) is 2.38. The summed E-state index contributed by atoms with van der Waals surface area (Å²) in [6.07, 6.45) is 0.342. The van der Waals surface area contributed by atoms with Crippen LogP contribution < -0.4 is 11.1 Å². The van der Waals surface area contributed by atoms with E-state index in [4.69, 9.17) is 22.1 Å². The number of nitro benzene ring substituents is 1. The number of nitro groups is 1. The van der Waals surface area contributed by atoms with Gasteiger partial charge in [-0.05, 0) is 12.5 Å². The van der Waals surface area contributed by atoms with E-state index >= 15 is 0 Å². The highest BCUT2D eigenvalue weighted by Gasteiger charge is 2.16. The van der Waals surface area contributed by atoms with Crippen LogP contribution in [0.4, 0.5) is 11.4 Å². The molecule has 1 aromatic rings. The summed E-state index contributed by atoms with van der Waals surface area (Å²) in [6, 6.07) is 3.01. The summed E-state index contributed by atoms with van der Waals surface area (Å²) >= 11 is 5.85. The summed E-state index contributed by atoms with van der Waals surface area (Å²) < 4.78 is 4.81. The van der Waals surface area contributed by atoms with Gasteiger partial charge in [-0.15, -0.1) is 0 Å². The Kier molecular flexibility index (Phi) is 5.68. The van der Waals surface area contributed by atoms with Crippen molar-refractivity contribution in [3.8, 4) is 0 Å². The zero-order chi connectivity index (χ0) is 14.4. The standard InChI is InChI=1S/C11H14ClN3O4/c1-19-5-4-9(13)11(16)14-10-6-7(15(17)18)2-3-8(10)12/h2-3,6,9H,4-5,13H2,1H3,(H,14,16). The maximum atomic E-state index is 11.7. The molecule has 1 amide bonds. The number of nitrogens with two attached hydrogens (primary N) is 1. The second-order valence-corrected chi connectivity index (χ2v) is 4.21. The predicted octanol–water partition coefficient (Wildman–Crippen LogP) is 1.55. The number of nitrogens with one attached hydrogen (secondary N) is 1. The molecule has 0 heterocycles. The zero-order valence-corrected chi connectivity index (χ0v) is 11.0. The molecule has 3 N–H and O–H groups in total. The summed E-state index contributed by atoms with van der Waals surface area (Å²) in [5.41, 5.74) is 5.63. The molecule has 1 aromatic carbocycles. The van der Waals surface area contributed by atoms with Crippen LogP contribution in [0.5, 0.6) is 0 Å². The molecule has 1 unspecified atom stereocenters. The zero-order valence-electron chi connectivity index (χ0n) is 10.3. The molecule has 0 bridgehead atoms. The molecule has 0 aliphatic rings. The van der Waals surface area contributed by atoms with Gasteiger partial charge in [-0.25, -0.2) is 0 Å². The molecule has 19 heavy (non-hydrogen) atoms. The first-order chi connectivity index (χ1) is 8.95. The predicted molar refractivity (Wildman–Crippen MR) is 71.2 cm³/mol. The minimum atomic E-state index is -0.768. The van der Waals surface area contributed by atoms with Crippen molar-refractivity contribution >= 4 is 28.9 Å². The van der Waals surface area contributed by atoms with E-state index in [0.29, 0.717) is 13.0 Å². The molecule has 7 nitrogen and oxygen atoms in total. The minimum Gasteiger partial charge on any atom is -0.385 e. The Bertz CT molecular complexity index is 481. The first kappa shape index (κ1) is 15.4. The third-order valence-electron chi connectivity index (χ3n) is 2.39. The number of halogens is 1. The van der Waals surface area contributed by atoms with Crippen LogP contribution in [-0.2, 0) is 9.53 Å². The number of methoxy groups -OCH3 is 1. The highest BCUT2D eigenvalue weighted by molar-refractivity contribution is 6.33. The topological polar surface area (TPSA) is 107 Å². The van der Waals surface area contributed by atoms with Gasteiger partial charge in [0.05, 0.1) is 21.7 Å². The Balaban J connectivity index is 2.78. The van der Waals surface area contributed by atoms with Crippen molar-refractivity contribution < 1.29 is 14.5 Å². The molecule has 0 fully saturated rings. The fourth-order valence-electron chi connectivity index (χ4n) is 1.32. The summed E-state index contributed by atoms with van der Waals surface area (Å²) in [6.45, 7) is 0.345. The lowest BCUT2D eigenvalue weighted by molar-refractivity contribution is -0.384. The smallest absolute Gasteiger partial charge is 0.271 e. The van der Waals surface area contributed by atoms with Crippen LogP contribution in [0.3, 0.4) is 0 Å². The molecule has 0 aliphatic carbocycles.